The van der Waals surface area contributed by atoms with Gasteiger partial charge >= 0.3 is 0 Å². The highest BCUT2D eigenvalue weighted by atomic mass is 19.1. The summed E-state index contributed by atoms with van der Waals surface area (Å²) >= 11 is 0. The molecule has 152 valence electrons. The molecule has 4 aromatic rings. The predicted molar refractivity (Wildman–Crippen MR) is 112 cm³/mol. The first-order valence-corrected chi connectivity index (χ1v) is 9.92. The van der Waals surface area contributed by atoms with E-state index in [0.717, 1.165) is 40.3 Å². The Balaban J connectivity index is 1.38. The number of fused-ring (bicyclic) bond motifs is 1. The van der Waals surface area contributed by atoms with E-state index in [0.29, 0.717) is 12.5 Å². The molecular formula is C22H21FN6O. The van der Waals surface area contributed by atoms with Crippen molar-refractivity contribution in [1.82, 2.24) is 25.0 Å². The summed E-state index contributed by atoms with van der Waals surface area (Å²) in [6.07, 6.45) is 4.32. The van der Waals surface area contributed by atoms with Crippen LogP contribution in [0.25, 0.3) is 22.3 Å². The number of hydrogen-bond donors (Lipinski definition) is 1. The minimum atomic E-state index is -0.392. The number of benzene rings is 2. The molecule has 0 bridgehead atoms. The molecule has 0 spiro atoms. The van der Waals surface area contributed by atoms with E-state index in [1.165, 1.54) is 26.0 Å². The average molecular weight is 404 g/mol. The number of ether oxygens (including phenoxy) is 1. The van der Waals surface area contributed by atoms with Crippen molar-refractivity contribution in [1.29, 1.82) is 0 Å². The standard InChI is InChI=1S/C22H21FN6O/c1-30-21-7-4-15(10-17(21)23)13-29-20-6-5-16(11-19(20)27-28-29)18-8-9-24-22(26-18)25-12-14-2-3-14/h4-11,14H,2-3,12-13H2,1H3,(H,24,25,26). The molecule has 1 N–H and O–H groups in total. The fourth-order valence-corrected chi connectivity index (χ4v) is 3.39. The minimum absolute atomic E-state index is 0.225. The molecule has 0 saturated heterocycles. The summed E-state index contributed by atoms with van der Waals surface area (Å²) in [6.45, 7) is 1.34. The third-order valence-corrected chi connectivity index (χ3v) is 5.26. The summed E-state index contributed by atoms with van der Waals surface area (Å²) in [5, 5.41) is 11.8. The second-order valence-corrected chi connectivity index (χ2v) is 7.51. The number of hydrogen-bond acceptors (Lipinski definition) is 6. The summed E-state index contributed by atoms with van der Waals surface area (Å²) in [5.74, 6) is 1.23. The first-order chi connectivity index (χ1) is 14.7. The first kappa shape index (κ1) is 18.5. The zero-order valence-electron chi connectivity index (χ0n) is 16.5. The second-order valence-electron chi connectivity index (χ2n) is 7.51. The highest BCUT2D eigenvalue weighted by Crippen LogP contribution is 2.29. The second kappa shape index (κ2) is 7.70. The molecule has 0 aliphatic heterocycles. The van der Waals surface area contributed by atoms with E-state index in [-0.39, 0.29) is 5.75 Å². The van der Waals surface area contributed by atoms with Crippen molar-refractivity contribution in [2.75, 3.05) is 19.0 Å². The minimum Gasteiger partial charge on any atom is -0.494 e. The Labute approximate surface area is 172 Å². The molecule has 1 aliphatic carbocycles. The van der Waals surface area contributed by atoms with Gasteiger partial charge in [0.05, 0.1) is 24.9 Å². The Morgan fingerprint density at radius 3 is 2.87 bits per heavy atom. The summed E-state index contributed by atoms with van der Waals surface area (Å²) in [7, 11) is 1.45. The monoisotopic (exact) mass is 404 g/mol. The van der Waals surface area contributed by atoms with Crippen LogP contribution in [-0.4, -0.2) is 38.6 Å². The molecule has 0 unspecified atom stereocenters. The van der Waals surface area contributed by atoms with Crippen LogP contribution in [0.4, 0.5) is 10.3 Å². The lowest BCUT2D eigenvalue weighted by atomic mass is 10.1. The Morgan fingerprint density at radius 1 is 1.17 bits per heavy atom. The van der Waals surface area contributed by atoms with Gasteiger partial charge in [-0.25, -0.2) is 19.0 Å². The van der Waals surface area contributed by atoms with Gasteiger partial charge in [-0.05, 0) is 54.7 Å². The number of aromatic nitrogens is 5. The summed E-state index contributed by atoms with van der Waals surface area (Å²) in [6, 6.07) is 12.7. The van der Waals surface area contributed by atoms with E-state index in [4.69, 9.17) is 4.74 Å². The van der Waals surface area contributed by atoms with E-state index < -0.39 is 5.82 Å². The zero-order chi connectivity index (χ0) is 20.5. The quantitative estimate of drug-likeness (QED) is 0.503. The van der Waals surface area contributed by atoms with Gasteiger partial charge in [-0.15, -0.1) is 5.10 Å². The number of rotatable bonds is 7. The van der Waals surface area contributed by atoms with Crippen LogP contribution in [0.15, 0.2) is 48.7 Å². The van der Waals surface area contributed by atoms with E-state index in [1.807, 2.05) is 30.3 Å². The topological polar surface area (TPSA) is 77.8 Å². The van der Waals surface area contributed by atoms with Gasteiger partial charge in [0.2, 0.25) is 5.95 Å². The van der Waals surface area contributed by atoms with Crippen molar-refractivity contribution in [2.45, 2.75) is 19.4 Å². The van der Waals surface area contributed by atoms with Crippen molar-refractivity contribution >= 4 is 17.0 Å². The molecule has 1 saturated carbocycles. The highest BCUT2D eigenvalue weighted by Gasteiger charge is 2.21. The normalized spacial score (nSPS) is 13.5. The maximum atomic E-state index is 14.0. The molecule has 0 amide bonds. The summed E-state index contributed by atoms with van der Waals surface area (Å²) in [5.41, 5.74) is 4.19. The molecule has 1 fully saturated rings. The zero-order valence-corrected chi connectivity index (χ0v) is 16.5. The molecule has 1 aliphatic rings. The van der Waals surface area contributed by atoms with Crippen LogP contribution in [0, 0.1) is 11.7 Å². The van der Waals surface area contributed by atoms with Crippen molar-refractivity contribution in [2.24, 2.45) is 5.92 Å². The largest absolute Gasteiger partial charge is 0.494 e. The predicted octanol–water partition coefficient (Wildman–Crippen LogP) is 3.91. The van der Waals surface area contributed by atoms with Crippen LogP contribution in [0.1, 0.15) is 18.4 Å². The molecule has 8 heteroatoms. The summed E-state index contributed by atoms with van der Waals surface area (Å²) < 4.78 is 20.7. The van der Waals surface area contributed by atoms with Gasteiger partial charge in [-0.3, -0.25) is 0 Å². The third-order valence-electron chi connectivity index (χ3n) is 5.26. The van der Waals surface area contributed by atoms with Gasteiger partial charge in [0.1, 0.15) is 5.52 Å². The SMILES string of the molecule is COc1ccc(Cn2nnc3cc(-c4ccnc(NCC5CC5)n4)ccc32)cc1F. The number of anilines is 1. The van der Waals surface area contributed by atoms with E-state index in [9.17, 15) is 4.39 Å². The summed E-state index contributed by atoms with van der Waals surface area (Å²) in [4.78, 5) is 8.92. The van der Waals surface area contributed by atoms with Gasteiger partial charge in [0.25, 0.3) is 0 Å². The van der Waals surface area contributed by atoms with Gasteiger partial charge in [-0.1, -0.05) is 17.3 Å². The Hall–Kier alpha value is -3.55. The maximum Gasteiger partial charge on any atom is 0.223 e. The molecule has 0 radical (unpaired) electrons. The van der Waals surface area contributed by atoms with Crippen LogP contribution in [0.3, 0.4) is 0 Å². The van der Waals surface area contributed by atoms with Crippen LogP contribution >= 0.6 is 0 Å². The molecule has 2 aromatic heterocycles. The van der Waals surface area contributed by atoms with Gasteiger partial charge in [-0.2, -0.15) is 0 Å². The molecule has 2 aromatic carbocycles. The Kier molecular flexibility index (Phi) is 4.74. The molecule has 5 rings (SSSR count). The van der Waals surface area contributed by atoms with E-state index >= 15 is 0 Å². The number of methoxy groups -OCH3 is 1. The lowest BCUT2D eigenvalue weighted by molar-refractivity contribution is 0.386. The van der Waals surface area contributed by atoms with Crippen molar-refractivity contribution in [3.8, 4) is 17.0 Å². The lowest BCUT2D eigenvalue weighted by Gasteiger charge is -2.07. The molecule has 0 atom stereocenters. The molecule has 2 heterocycles. The van der Waals surface area contributed by atoms with Crippen molar-refractivity contribution < 1.29 is 9.13 Å². The van der Waals surface area contributed by atoms with Gasteiger partial charge < -0.3 is 10.1 Å². The van der Waals surface area contributed by atoms with Gasteiger partial charge in [0, 0.05) is 18.3 Å². The smallest absolute Gasteiger partial charge is 0.223 e. The number of nitrogens with zero attached hydrogens (tertiary/aromatic N) is 5. The van der Waals surface area contributed by atoms with Crippen LogP contribution in [-0.2, 0) is 6.54 Å². The Morgan fingerprint density at radius 2 is 2.07 bits per heavy atom. The average Bonchev–Trinajstić information content (AvgIpc) is 3.52. The van der Waals surface area contributed by atoms with Crippen LogP contribution in [0.5, 0.6) is 5.75 Å². The van der Waals surface area contributed by atoms with Crippen LogP contribution < -0.4 is 10.1 Å². The van der Waals surface area contributed by atoms with Crippen molar-refractivity contribution in [3.63, 3.8) is 0 Å². The highest BCUT2D eigenvalue weighted by molar-refractivity contribution is 5.80. The molecule has 30 heavy (non-hydrogen) atoms. The lowest BCUT2D eigenvalue weighted by Crippen LogP contribution is -2.06. The molecular weight excluding hydrogens is 383 g/mol. The van der Waals surface area contributed by atoms with E-state index in [1.54, 1.807) is 16.9 Å². The third kappa shape index (κ3) is 3.80. The maximum absolute atomic E-state index is 14.0. The fraction of sp³-hybridized carbons (Fsp3) is 0.273. The van der Waals surface area contributed by atoms with E-state index in [2.05, 4.69) is 25.6 Å². The van der Waals surface area contributed by atoms with Crippen LogP contribution in [0.2, 0.25) is 0 Å². The van der Waals surface area contributed by atoms with Crippen molar-refractivity contribution in [3.05, 3.63) is 60.0 Å². The molecule has 7 nitrogen and oxygen atoms in total. The Bertz CT molecular complexity index is 1200. The number of halogens is 1. The first-order valence-electron chi connectivity index (χ1n) is 9.92. The number of nitrogens with one attached hydrogen (secondary N) is 1. The van der Waals surface area contributed by atoms with Gasteiger partial charge in [0.15, 0.2) is 11.6 Å². The fourth-order valence-electron chi connectivity index (χ4n) is 3.39.